The number of rotatable bonds is 3. The third-order valence-corrected chi connectivity index (χ3v) is 1.70. The Morgan fingerprint density at radius 2 is 2.31 bits per heavy atom. The van der Waals surface area contributed by atoms with Crippen molar-refractivity contribution in [1.29, 1.82) is 0 Å². The molecule has 2 heterocycles. The topological polar surface area (TPSA) is 53.6 Å². The number of anilines is 1. The van der Waals surface area contributed by atoms with Crippen LogP contribution in [0.25, 0.3) is 0 Å². The molecule has 0 aliphatic rings. The predicted octanol–water partition coefficient (Wildman–Crippen LogP) is 1.42. The van der Waals surface area contributed by atoms with E-state index in [1.165, 1.54) is 0 Å². The van der Waals surface area contributed by atoms with Crippen molar-refractivity contribution in [1.82, 2.24) is 15.0 Å². The molecule has 66 valence electrons. The summed E-state index contributed by atoms with van der Waals surface area (Å²) >= 11 is 0. The van der Waals surface area contributed by atoms with Crippen molar-refractivity contribution in [2.45, 2.75) is 6.54 Å². The van der Waals surface area contributed by atoms with Crippen molar-refractivity contribution in [2.24, 2.45) is 0 Å². The second-order valence-corrected chi connectivity index (χ2v) is 2.67. The van der Waals surface area contributed by atoms with E-state index in [4.69, 9.17) is 0 Å². The van der Waals surface area contributed by atoms with Crippen LogP contribution in [0.4, 0.5) is 5.69 Å². The van der Waals surface area contributed by atoms with Crippen LogP contribution < -0.4 is 5.32 Å². The minimum atomic E-state index is 0.742. The molecule has 0 fully saturated rings. The van der Waals surface area contributed by atoms with Crippen molar-refractivity contribution in [2.75, 3.05) is 5.32 Å². The minimum absolute atomic E-state index is 0.742. The van der Waals surface area contributed by atoms with E-state index < -0.39 is 0 Å². The summed E-state index contributed by atoms with van der Waals surface area (Å²) in [6.07, 6.45) is 7.00. The molecule has 0 saturated carbocycles. The first kappa shape index (κ1) is 7.79. The Labute approximate surface area is 76.1 Å². The molecule has 0 radical (unpaired) electrons. The summed E-state index contributed by atoms with van der Waals surface area (Å²) in [7, 11) is 0. The number of pyridine rings is 1. The zero-order chi connectivity index (χ0) is 8.93. The maximum absolute atomic E-state index is 4.00. The van der Waals surface area contributed by atoms with Gasteiger partial charge in [0.25, 0.3) is 0 Å². The Morgan fingerprint density at radius 3 is 3.00 bits per heavy atom. The maximum atomic E-state index is 4.00. The van der Waals surface area contributed by atoms with E-state index in [-0.39, 0.29) is 0 Å². The zero-order valence-electron chi connectivity index (χ0n) is 7.07. The van der Waals surface area contributed by atoms with Crippen molar-refractivity contribution < 1.29 is 0 Å². The smallest absolute Gasteiger partial charge is 0.0922 e. The molecule has 0 atom stereocenters. The third-order valence-electron chi connectivity index (χ3n) is 1.70. The first-order valence-electron chi connectivity index (χ1n) is 4.06. The molecule has 0 amide bonds. The Bertz CT molecular complexity index is 341. The summed E-state index contributed by atoms with van der Waals surface area (Å²) in [5.41, 5.74) is 2.07. The van der Waals surface area contributed by atoms with Crippen LogP contribution >= 0.6 is 0 Å². The van der Waals surface area contributed by atoms with E-state index in [0.717, 1.165) is 17.9 Å². The van der Waals surface area contributed by atoms with E-state index in [2.05, 4.69) is 20.3 Å². The van der Waals surface area contributed by atoms with Gasteiger partial charge in [0, 0.05) is 18.6 Å². The molecule has 0 saturated heterocycles. The summed E-state index contributed by atoms with van der Waals surface area (Å²) in [6, 6.07) is 3.87. The fourth-order valence-electron chi connectivity index (χ4n) is 1.05. The Balaban J connectivity index is 1.94. The molecule has 0 aliphatic heterocycles. The van der Waals surface area contributed by atoms with Gasteiger partial charge in [-0.3, -0.25) is 4.98 Å². The molecule has 13 heavy (non-hydrogen) atoms. The molecule has 0 unspecified atom stereocenters. The molecule has 2 N–H and O–H groups in total. The van der Waals surface area contributed by atoms with E-state index in [0.29, 0.717) is 0 Å². The molecule has 2 aromatic heterocycles. The van der Waals surface area contributed by atoms with E-state index in [9.17, 15) is 0 Å². The Hall–Kier alpha value is -1.84. The first-order chi connectivity index (χ1) is 6.45. The maximum Gasteiger partial charge on any atom is 0.0922 e. The second-order valence-electron chi connectivity index (χ2n) is 2.67. The van der Waals surface area contributed by atoms with Gasteiger partial charge in [-0.25, -0.2) is 4.98 Å². The van der Waals surface area contributed by atoms with Crippen molar-refractivity contribution in [3.8, 4) is 0 Å². The summed E-state index contributed by atoms with van der Waals surface area (Å²) < 4.78 is 0. The third kappa shape index (κ3) is 2.05. The zero-order valence-corrected chi connectivity index (χ0v) is 7.07. The molecule has 0 spiro atoms. The monoisotopic (exact) mass is 174 g/mol. The van der Waals surface area contributed by atoms with Gasteiger partial charge in [-0.05, 0) is 12.1 Å². The molecular weight excluding hydrogens is 164 g/mol. The molecule has 0 bridgehead atoms. The van der Waals surface area contributed by atoms with Crippen LogP contribution in [0.5, 0.6) is 0 Å². The highest BCUT2D eigenvalue weighted by Gasteiger charge is 1.93. The normalized spacial score (nSPS) is 9.85. The van der Waals surface area contributed by atoms with Crippen LogP contribution in [0.15, 0.2) is 37.1 Å². The van der Waals surface area contributed by atoms with Gasteiger partial charge in [-0.1, -0.05) is 0 Å². The fourth-order valence-corrected chi connectivity index (χ4v) is 1.05. The number of aromatic amines is 1. The van der Waals surface area contributed by atoms with Crippen LogP contribution in [0, 0.1) is 0 Å². The number of imidazole rings is 1. The van der Waals surface area contributed by atoms with Gasteiger partial charge >= 0.3 is 0 Å². The predicted molar refractivity (Wildman–Crippen MR) is 50.2 cm³/mol. The van der Waals surface area contributed by atoms with Crippen LogP contribution in [-0.2, 0) is 6.54 Å². The SMILES string of the molecule is c1cncc(NCc2cnc[nH]2)c1. The lowest BCUT2D eigenvalue weighted by atomic mass is 10.4. The standard InChI is InChI=1S/C9H10N4/c1-2-8(4-10-3-1)12-6-9-5-11-7-13-9/h1-5,7,12H,6H2,(H,11,13). The van der Waals surface area contributed by atoms with Gasteiger partial charge in [-0.2, -0.15) is 0 Å². The van der Waals surface area contributed by atoms with E-state index in [1.807, 2.05) is 12.1 Å². The van der Waals surface area contributed by atoms with E-state index in [1.54, 1.807) is 24.9 Å². The van der Waals surface area contributed by atoms with Crippen LogP contribution in [-0.4, -0.2) is 15.0 Å². The molecule has 4 nitrogen and oxygen atoms in total. The fraction of sp³-hybridized carbons (Fsp3) is 0.111. The second kappa shape index (κ2) is 3.71. The van der Waals surface area contributed by atoms with Crippen LogP contribution in [0.3, 0.4) is 0 Å². The highest BCUT2D eigenvalue weighted by atomic mass is 14.9. The lowest BCUT2D eigenvalue weighted by molar-refractivity contribution is 1.07. The Morgan fingerprint density at radius 1 is 1.31 bits per heavy atom. The molecule has 4 heteroatoms. The van der Waals surface area contributed by atoms with Crippen molar-refractivity contribution in [3.63, 3.8) is 0 Å². The quantitative estimate of drug-likeness (QED) is 0.739. The number of hydrogen-bond acceptors (Lipinski definition) is 3. The largest absolute Gasteiger partial charge is 0.378 e. The number of H-pyrrole nitrogens is 1. The van der Waals surface area contributed by atoms with Gasteiger partial charge in [0.1, 0.15) is 0 Å². The molecule has 2 rings (SSSR count). The van der Waals surface area contributed by atoms with Gasteiger partial charge in [-0.15, -0.1) is 0 Å². The summed E-state index contributed by atoms with van der Waals surface area (Å²) in [5, 5.41) is 3.21. The number of hydrogen-bond donors (Lipinski definition) is 2. The number of nitrogens with one attached hydrogen (secondary N) is 2. The van der Waals surface area contributed by atoms with Gasteiger partial charge in [0.15, 0.2) is 0 Å². The average Bonchev–Trinajstić information content (AvgIpc) is 2.69. The van der Waals surface area contributed by atoms with Crippen LogP contribution in [0.2, 0.25) is 0 Å². The summed E-state index contributed by atoms with van der Waals surface area (Å²) in [5.74, 6) is 0. The lowest BCUT2D eigenvalue weighted by Crippen LogP contribution is -1.99. The highest BCUT2D eigenvalue weighted by Crippen LogP contribution is 2.04. The van der Waals surface area contributed by atoms with Crippen molar-refractivity contribution >= 4 is 5.69 Å². The number of aromatic nitrogens is 3. The molecule has 0 aliphatic carbocycles. The van der Waals surface area contributed by atoms with Gasteiger partial charge in [0.2, 0.25) is 0 Å². The minimum Gasteiger partial charge on any atom is -0.378 e. The summed E-state index contributed by atoms with van der Waals surface area (Å²) in [4.78, 5) is 10.9. The lowest BCUT2D eigenvalue weighted by Gasteiger charge is -2.02. The number of nitrogens with zero attached hydrogens (tertiary/aromatic N) is 2. The average molecular weight is 174 g/mol. The van der Waals surface area contributed by atoms with Gasteiger partial charge in [0.05, 0.1) is 24.3 Å². The van der Waals surface area contributed by atoms with Crippen LogP contribution in [0.1, 0.15) is 5.69 Å². The molecular formula is C9H10N4. The Kier molecular flexibility index (Phi) is 2.22. The molecule has 0 aromatic carbocycles. The van der Waals surface area contributed by atoms with Gasteiger partial charge < -0.3 is 10.3 Å². The first-order valence-corrected chi connectivity index (χ1v) is 4.06. The highest BCUT2D eigenvalue weighted by molar-refractivity contribution is 5.39. The van der Waals surface area contributed by atoms with Crippen molar-refractivity contribution in [3.05, 3.63) is 42.7 Å². The summed E-state index contributed by atoms with van der Waals surface area (Å²) in [6.45, 7) is 0.742. The van der Waals surface area contributed by atoms with E-state index >= 15 is 0 Å². The molecule has 2 aromatic rings.